The van der Waals surface area contributed by atoms with Gasteiger partial charge in [-0.2, -0.15) is 9.30 Å². The molecule has 0 radical (unpaired) electrons. The maximum atomic E-state index is 13.1. The van der Waals surface area contributed by atoms with Crippen LogP contribution in [0.1, 0.15) is 32.3 Å². The fourth-order valence-electron chi connectivity index (χ4n) is 4.16. The average molecular weight is 458 g/mol. The van der Waals surface area contributed by atoms with Gasteiger partial charge in [0, 0.05) is 19.6 Å². The molecule has 0 spiro atoms. The number of rotatable bonds is 5. The first-order valence-electron chi connectivity index (χ1n) is 10.7. The predicted molar refractivity (Wildman–Crippen MR) is 123 cm³/mol. The zero-order chi connectivity index (χ0) is 22.0. The molecule has 1 aliphatic rings. The number of carbonyl (C=O) groups excluding carboxylic acids is 1. The molecule has 4 rings (SSSR count). The second-order valence-corrected chi connectivity index (χ2v) is 10.7. The van der Waals surface area contributed by atoms with Gasteiger partial charge in [-0.1, -0.05) is 48.6 Å². The molecule has 1 aliphatic heterocycles. The molecule has 1 unspecified atom stereocenters. The van der Waals surface area contributed by atoms with Crippen LogP contribution in [0.5, 0.6) is 0 Å². The molecule has 8 heteroatoms. The Hall–Kier alpha value is -2.29. The number of para-hydroxylation sites is 1. The molecule has 0 bridgehead atoms. The Kier molecular flexibility index (Phi) is 6.41. The number of hydrogen-bond acceptors (Lipinski definition) is 4. The molecule has 6 nitrogen and oxygen atoms in total. The topological polar surface area (TPSA) is 71.7 Å². The van der Waals surface area contributed by atoms with Crippen LogP contribution in [0, 0.1) is 5.92 Å². The summed E-state index contributed by atoms with van der Waals surface area (Å²) in [4.78, 5) is 18.5. The number of piperidine rings is 1. The normalized spacial score (nSPS) is 18.5. The first-order valence-corrected chi connectivity index (χ1v) is 13.0. The molecule has 1 fully saturated rings. The number of fused-ring (bicyclic) bond motifs is 1. The van der Waals surface area contributed by atoms with Crippen molar-refractivity contribution in [2.24, 2.45) is 10.9 Å². The molecular weight excluding hydrogens is 430 g/mol. The van der Waals surface area contributed by atoms with Crippen LogP contribution in [0.3, 0.4) is 0 Å². The number of aromatic nitrogens is 1. The summed E-state index contributed by atoms with van der Waals surface area (Å²) >= 11 is 1.52. The highest BCUT2D eigenvalue weighted by molar-refractivity contribution is 7.89. The molecule has 1 atom stereocenters. The summed E-state index contributed by atoms with van der Waals surface area (Å²) in [5.41, 5.74) is 2.38. The van der Waals surface area contributed by atoms with Crippen molar-refractivity contribution in [1.82, 2.24) is 8.87 Å². The summed E-state index contributed by atoms with van der Waals surface area (Å²) in [6, 6.07) is 14.6. The molecule has 2 aromatic carbocycles. The molecule has 164 valence electrons. The van der Waals surface area contributed by atoms with Gasteiger partial charge in [0.2, 0.25) is 10.0 Å². The summed E-state index contributed by atoms with van der Waals surface area (Å²) in [6.45, 7) is 5.51. The summed E-state index contributed by atoms with van der Waals surface area (Å²) in [5, 5.41) is 0. The van der Waals surface area contributed by atoms with Crippen molar-refractivity contribution in [1.29, 1.82) is 0 Å². The molecule has 0 saturated carbocycles. The van der Waals surface area contributed by atoms with Crippen LogP contribution >= 0.6 is 11.3 Å². The van der Waals surface area contributed by atoms with Gasteiger partial charge in [0.15, 0.2) is 4.80 Å². The summed E-state index contributed by atoms with van der Waals surface area (Å²) in [5.74, 6) is -0.659. The standard InChI is InChI=1S/C23H27N3O3S2/c1-3-17-10-8-14-20-21(17)26(4-2)23(30-20)24-22(27)18-11-9-15-25(16-18)31(28,29)19-12-6-5-7-13-19/h5-8,10,12-14,18H,3-4,9,11,15-16H2,1-2H3. The van der Waals surface area contributed by atoms with Crippen molar-refractivity contribution in [3.05, 3.63) is 58.9 Å². The van der Waals surface area contributed by atoms with Crippen molar-refractivity contribution >= 4 is 37.5 Å². The molecular formula is C23H27N3O3S2. The lowest BCUT2D eigenvalue weighted by atomic mass is 9.99. The van der Waals surface area contributed by atoms with E-state index in [9.17, 15) is 13.2 Å². The van der Waals surface area contributed by atoms with Crippen molar-refractivity contribution in [3.63, 3.8) is 0 Å². The van der Waals surface area contributed by atoms with Crippen molar-refractivity contribution in [2.75, 3.05) is 13.1 Å². The van der Waals surface area contributed by atoms with E-state index >= 15 is 0 Å². The van der Waals surface area contributed by atoms with Crippen LogP contribution in [0.2, 0.25) is 0 Å². The number of aryl methyl sites for hydroxylation is 2. The van der Waals surface area contributed by atoms with E-state index in [4.69, 9.17) is 0 Å². The highest BCUT2D eigenvalue weighted by Crippen LogP contribution is 2.25. The van der Waals surface area contributed by atoms with Crippen LogP contribution in [0.15, 0.2) is 58.4 Å². The summed E-state index contributed by atoms with van der Waals surface area (Å²) in [6.07, 6.45) is 2.22. The van der Waals surface area contributed by atoms with Crippen LogP contribution in [-0.2, 0) is 27.8 Å². The van der Waals surface area contributed by atoms with Gasteiger partial charge in [-0.25, -0.2) is 8.42 Å². The summed E-state index contributed by atoms with van der Waals surface area (Å²) in [7, 11) is -3.61. The fraction of sp³-hybridized carbons (Fsp3) is 0.391. The highest BCUT2D eigenvalue weighted by atomic mass is 32.2. The lowest BCUT2D eigenvalue weighted by Crippen LogP contribution is -2.42. The first-order chi connectivity index (χ1) is 15.0. The molecule has 0 N–H and O–H groups in total. The zero-order valence-corrected chi connectivity index (χ0v) is 19.5. The van der Waals surface area contributed by atoms with Crippen molar-refractivity contribution in [2.45, 2.75) is 44.6 Å². The summed E-state index contributed by atoms with van der Waals surface area (Å²) < 4.78 is 30.6. The van der Waals surface area contributed by atoms with E-state index in [1.165, 1.54) is 21.2 Å². The van der Waals surface area contributed by atoms with Gasteiger partial charge in [0.25, 0.3) is 5.91 Å². The minimum atomic E-state index is -3.61. The highest BCUT2D eigenvalue weighted by Gasteiger charge is 2.33. The Balaban J connectivity index is 1.64. The Morgan fingerprint density at radius 2 is 1.90 bits per heavy atom. The Bertz CT molecular complexity index is 1260. The second kappa shape index (κ2) is 9.06. The van der Waals surface area contributed by atoms with Crippen molar-refractivity contribution in [3.8, 4) is 0 Å². The minimum Gasteiger partial charge on any atom is -0.316 e. The molecule has 3 aromatic rings. The number of hydrogen-bond donors (Lipinski definition) is 0. The van der Waals surface area contributed by atoms with Crippen LogP contribution in [0.25, 0.3) is 10.2 Å². The van der Waals surface area contributed by atoms with Crippen LogP contribution in [0.4, 0.5) is 0 Å². The number of thiazole rings is 1. The van der Waals surface area contributed by atoms with Gasteiger partial charge in [-0.15, -0.1) is 0 Å². The third-order valence-electron chi connectivity index (χ3n) is 5.80. The average Bonchev–Trinajstić information content (AvgIpc) is 3.16. The third-order valence-corrected chi connectivity index (χ3v) is 8.72. The lowest BCUT2D eigenvalue weighted by Gasteiger charge is -2.30. The van der Waals surface area contributed by atoms with E-state index in [-0.39, 0.29) is 17.3 Å². The van der Waals surface area contributed by atoms with E-state index < -0.39 is 15.9 Å². The third kappa shape index (κ3) is 4.24. The number of carbonyl (C=O) groups is 1. The smallest absolute Gasteiger partial charge is 0.252 e. The Morgan fingerprint density at radius 1 is 1.13 bits per heavy atom. The van der Waals surface area contributed by atoms with Crippen LogP contribution < -0.4 is 4.80 Å². The number of nitrogens with zero attached hydrogens (tertiary/aromatic N) is 3. The van der Waals surface area contributed by atoms with Gasteiger partial charge in [0.05, 0.1) is 21.0 Å². The largest absolute Gasteiger partial charge is 0.316 e. The van der Waals surface area contributed by atoms with E-state index in [1.54, 1.807) is 30.3 Å². The van der Waals surface area contributed by atoms with E-state index in [0.29, 0.717) is 24.2 Å². The van der Waals surface area contributed by atoms with E-state index in [2.05, 4.69) is 35.5 Å². The quantitative estimate of drug-likeness (QED) is 0.585. The van der Waals surface area contributed by atoms with Crippen LogP contribution in [-0.4, -0.2) is 36.3 Å². The zero-order valence-electron chi connectivity index (χ0n) is 17.8. The fourth-order valence-corrected chi connectivity index (χ4v) is 6.85. The molecule has 1 amide bonds. The number of amides is 1. The molecule has 0 aliphatic carbocycles. The van der Waals surface area contributed by atoms with Gasteiger partial charge in [0.1, 0.15) is 0 Å². The monoisotopic (exact) mass is 457 g/mol. The number of sulfonamides is 1. The lowest BCUT2D eigenvalue weighted by molar-refractivity contribution is -0.122. The molecule has 2 heterocycles. The van der Waals surface area contributed by atoms with Gasteiger partial charge in [-0.05, 0) is 49.9 Å². The minimum absolute atomic E-state index is 0.177. The maximum absolute atomic E-state index is 13.1. The SMILES string of the molecule is CCc1cccc2sc(=NC(=O)C3CCCN(S(=O)(=O)c4ccccc4)C3)n(CC)c12. The van der Waals surface area contributed by atoms with E-state index in [1.807, 2.05) is 6.07 Å². The first kappa shape index (κ1) is 21.9. The molecule has 1 saturated heterocycles. The number of benzene rings is 2. The predicted octanol–water partition coefficient (Wildman–Crippen LogP) is 3.81. The Morgan fingerprint density at radius 3 is 2.61 bits per heavy atom. The van der Waals surface area contributed by atoms with Gasteiger partial charge >= 0.3 is 0 Å². The van der Waals surface area contributed by atoms with Gasteiger partial charge in [-0.3, -0.25) is 4.79 Å². The van der Waals surface area contributed by atoms with E-state index in [0.717, 1.165) is 23.2 Å². The van der Waals surface area contributed by atoms with Gasteiger partial charge < -0.3 is 4.57 Å². The maximum Gasteiger partial charge on any atom is 0.252 e. The molecule has 1 aromatic heterocycles. The second-order valence-electron chi connectivity index (χ2n) is 7.71. The molecule has 31 heavy (non-hydrogen) atoms. The Labute approximate surface area is 186 Å². The van der Waals surface area contributed by atoms with Crippen molar-refractivity contribution < 1.29 is 13.2 Å².